The Labute approximate surface area is 133 Å². The Balaban J connectivity index is 1.77. The number of hydrogen-bond acceptors (Lipinski definition) is 4. The number of amides is 1. The zero-order chi connectivity index (χ0) is 16.6. The molecule has 0 saturated carbocycles. The maximum Gasteiger partial charge on any atom is 0.276 e. The highest BCUT2D eigenvalue weighted by molar-refractivity contribution is 7.91. The summed E-state index contributed by atoms with van der Waals surface area (Å²) in [5.41, 5.74) is 1.40. The zero-order valence-corrected chi connectivity index (χ0v) is 13.3. The van der Waals surface area contributed by atoms with Crippen molar-refractivity contribution in [2.45, 2.75) is 19.4 Å². The molecule has 1 N–H and O–H groups in total. The number of sulfone groups is 1. The summed E-state index contributed by atoms with van der Waals surface area (Å²) in [5, 5.41) is 6.87. The number of nitrogens with one attached hydrogen (secondary N) is 1. The third-order valence-corrected chi connectivity index (χ3v) is 5.56. The second kappa shape index (κ2) is 5.77. The molecule has 8 heteroatoms. The number of hydrogen-bond donors (Lipinski definition) is 1. The first-order valence-corrected chi connectivity index (χ1v) is 9.00. The first-order valence-electron chi connectivity index (χ1n) is 7.17. The molecule has 3 rings (SSSR count). The van der Waals surface area contributed by atoms with E-state index in [2.05, 4.69) is 10.4 Å². The molecule has 0 radical (unpaired) electrons. The molecule has 1 aromatic heterocycles. The van der Waals surface area contributed by atoms with Crippen molar-refractivity contribution in [2.75, 3.05) is 16.8 Å². The highest BCUT2D eigenvalue weighted by atomic mass is 32.2. The van der Waals surface area contributed by atoms with Crippen LogP contribution in [0.25, 0.3) is 0 Å². The van der Waals surface area contributed by atoms with Gasteiger partial charge in [0, 0.05) is 11.4 Å². The van der Waals surface area contributed by atoms with E-state index >= 15 is 0 Å². The summed E-state index contributed by atoms with van der Waals surface area (Å²) in [5.74, 6) is -0.604. The van der Waals surface area contributed by atoms with E-state index in [1.165, 1.54) is 24.3 Å². The fraction of sp³-hybridized carbons (Fsp3) is 0.333. The average Bonchev–Trinajstić information content (AvgIpc) is 3.04. The van der Waals surface area contributed by atoms with Crippen LogP contribution in [0.5, 0.6) is 0 Å². The van der Waals surface area contributed by atoms with Crippen LogP contribution in [0.3, 0.4) is 0 Å². The number of aryl methyl sites for hydroxylation is 1. The molecule has 1 saturated heterocycles. The van der Waals surface area contributed by atoms with Gasteiger partial charge in [-0.05, 0) is 43.7 Å². The summed E-state index contributed by atoms with van der Waals surface area (Å²) in [6.45, 7) is 1.78. The monoisotopic (exact) mass is 337 g/mol. The van der Waals surface area contributed by atoms with Gasteiger partial charge in [-0.3, -0.25) is 9.48 Å². The molecular formula is C15H16FN3O3S. The van der Waals surface area contributed by atoms with Gasteiger partial charge in [0.2, 0.25) is 0 Å². The smallest absolute Gasteiger partial charge is 0.276 e. The number of carbonyl (C=O) groups is 1. The van der Waals surface area contributed by atoms with Gasteiger partial charge in [-0.25, -0.2) is 12.8 Å². The highest BCUT2D eigenvalue weighted by Gasteiger charge is 2.31. The summed E-state index contributed by atoms with van der Waals surface area (Å²) in [4.78, 5) is 12.2. The Kier molecular flexibility index (Phi) is 3.93. The molecule has 0 bridgehead atoms. The Morgan fingerprint density at radius 2 is 2.04 bits per heavy atom. The number of carbonyl (C=O) groups excluding carboxylic acids is 1. The van der Waals surface area contributed by atoms with Crippen LogP contribution in [0.15, 0.2) is 30.3 Å². The molecule has 2 heterocycles. The van der Waals surface area contributed by atoms with Gasteiger partial charge in [0.25, 0.3) is 5.91 Å². The van der Waals surface area contributed by atoms with E-state index in [1.54, 1.807) is 17.7 Å². The molecule has 0 spiro atoms. The van der Waals surface area contributed by atoms with E-state index < -0.39 is 15.7 Å². The van der Waals surface area contributed by atoms with Crippen molar-refractivity contribution in [1.29, 1.82) is 0 Å². The number of nitrogens with zero attached hydrogens (tertiary/aromatic N) is 2. The van der Waals surface area contributed by atoms with Gasteiger partial charge in [-0.2, -0.15) is 5.10 Å². The van der Waals surface area contributed by atoms with Crippen LogP contribution in [0.2, 0.25) is 0 Å². The van der Waals surface area contributed by atoms with E-state index in [4.69, 9.17) is 0 Å². The van der Waals surface area contributed by atoms with Crippen molar-refractivity contribution >= 4 is 21.4 Å². The van der Waals surface area contributed by atoms with Crippen LogP contribution in [0, 0.1) is 12.7 Å². The van der Waals surface area contributed by atoms with E-state index in [-0.39, 0.29) is 29.1 Å². The third kappa shape index (κ3) is 3.42. The molecule has 1 aliphatic heterocycles. The summed E-state index contributed by atoms with van der Waals surface area (Å²) >= 11 is 0. The van der Waals surface area contributed by atoms with Crippen LogP contribution >= 0.6 is 0 Å². The molecule has 1 aromatic carbocycles. The molecule has 1 unspecified atom stereocenters. The summed E-state index contributed by atoms with van der Waals surface area (Å²) in [6, 6.07) is 6.81. The first-order chi connectivity index (χ1) is 10.8. The van der Waals surface area contributed by atoms with Gasteiger partial charge in [0.15, 0.2) is 15.5 Å². The molecule has 1 fully saturated rings. The van der Waals surface area contributed by atoms with E-state index in [9.17, 15) is 17.6 Å². The van der Waals surface area contributed by atoms with Crippen LogP contribution < -0.4 is 5.32 Å². The standard InChI is InChI=1S/C15H16FN3O3S/c1-10-8-14(15(20)17-12-4-2-11(16)3-5-12)18-19(10)13-6-7-23(21,22)9-13/h2-5,8,13H,6-7,9H2,1H3,(H,17,20). The lowest BCUT2D eigenvalue weighted by Crippen LogP contribution is -2.16. The predicted octanol–water partition coefficient (Wildman–Crippen LogP) is 1.94. The quantitative estimate of drug-likeness (QED) is 0.928. The zero-order valence-electron chi connectivity index (χ0n) is 12.5. The van der Waals surface area contributed by atoms with E-state index in [0.29, 0.717) is 12.1 Å². The molecule has 122 valence electrons. The topological polar surface area (TPSA) is 81.1 Å². The van der Waals surface area contributed by atoms with Gasteiger partial charge >= 0.3 is 0 Å². The van der Waals surface area contributed by atoms with Crippen molar-refractivity contribution in [3.05, 3.63) is 47.5 Å². The van der Waals surface area contributed by atoms with Gasteiger partial charge in [-0.1, -0.05) is 0 Å². The van der Waals surface area contributed by atoms with Crippen molar-refractivity contribution in [3.63, 3.8) is 0 Å². The van der Waals surface area contributed by atoms with E-state index in [1.807, 2.05) is 0 Å². The number of rotatable bonds is 3. The molecule has 1 aliphatic rings. The van der Waals surface area contributed by atoms with Gasteiger partial charge in [0.1, 0.15) is 5.82 Å². The number of aromatic nitrogens is 2. The second-order valence-corrected chi connectivity index (χ2v) is 7.86. The van der Waals surface area contributed by atoms with Crippen LogP contribution in [0.4, 0.5) is 10.1 Å². The fourth-order valence-electron chi connectivity index (χ4n) is 2.67. The largest absolute Gasteiger partial charge is 0.321 e. The summed E-state index contributed by atoms with van der Waals surface area (Å²) < 4.78 is 37.6. The molecule has 1 amide bonds. The lowest BCUT2D eigenvalue weighted by molar-refractivity contribution is 0.102. The number of anilines is 1. The van der Waals surface area contributed by atoms with Crippen molar-refractivity contribution in [3.8, 4) is 0 Å². The van der Waals surface area contributed by atoms with Crippen LogP contribution in [0.1, 0.15) is 28.6 Å². The average molecular weight is 337 g/mol. The summed E-state index contributed by atoms with van der Waals surface area (Å²) in [6.07, 6.45) is 0.504. The fourth-order valence-corrected chi connectivity index (χ4v) is 4.36. The van der Waals surface area contributed by atoms with Crippen LogP contribution in [-0.4, -0.2) is 35.6 Å². The minimum atomic E-state index is -3.02. The minimum Gasteiger partial charge on any atom is -0.321 e. The van der Waals surface area contributed by atoms with Gasteiger partial charge in [0.05, 0.1) is 17.5 Å². The Morgan fingerprint density at radius 3 is 2.65 bits per heavy atom. The predicted molar refractivity (Wildman–Crippen MR) is 83.6 cm³/mol. The Hall–Kier alpha value is -2.22. The van der Waals surface area contributed by atoms with Crippen molar-refractivity contribution in [2.24, 2.45) is 0 Å². The summed E-state index contributed by atoms with van der Waals surface area (Å²) in [7, 11) is -3.02. The van der Waals surface area contributed by atoms with Crippen LogP contribution in [-0.2, 0) is 9.84 Å². The lowest BCUT2D eigenvalue weighted by Gasteiger charge is -2.10. The second-order valence-electron chi connectivity index (χ2n) is 5.63. The third-order valence-electron chi connectivity index (χ3n) is 3.81. The number of benzene rings is 1. The first kappa shape index (κ1) is 15.7. The van der Waals surface area contributed by atoms with Crippen molar-refractivity contribution in [1.82, 2.24) is 9.78 Å². The normalized spacial score (nSPS) is 19.7. The Bertz CT molecular complexity index is 843. The molecule has 1 atom stereocenters. The molecule has 23 heavy (non-hydrogen) atoms. The van der Waals surface area contributed by atoms with Gasteiger partial charge < -0.3 is 5.32 Å². The maximum absolute atomic E-state index is 12.9. The molecule has 0 aliphatic carbocycles. The SMILES string of the molecule is Cc1cc(C(=O)Nc2ccc(F)cc2)nn1C1CCS(=O)(=O)C1. The molecule has 6 nitrogen and oxygen atoms in total. The number of halogens is 1. The van der Waals surface area contributed by atoms with Crippen molar-refractivity contribution < 1.29 is 17.6 Å². The van der Waals surface area contributed by atoms with E-state index in [0.717, 1.165) is 5.69 Å². The highest BCUT2D eigenvalue weighted by Crippen LogP contribution is 2.25. The molecular weight excluding hydrogens is 321 g/mol. The Morgan fingerprint density at radius 1 is 1.35 bits per heavy atom. The molecule has 2 aromatic rings. The minimum absolute atomic E-state index is 0.0501. The van der Waals surface area contributed by atoms with Gasteiger partial charge in [-0.15, -0.1) is 0 Å². The lowest BCUT2D eigenvalue weighted by atomic mass is 10.2. The maximum atomic E-state index is 12.9.